The predicted molar refractivity (Wildman–Crippen MR) is 96.8 cm³/mol. The molecule has 0 amide bonds. The molecule has 126 valence electrons. The molecule has 1 aromatic heterocycles. The van der Waals surface area contributed by atoms with Gasteiger partial charge in [0.15, 0.2) is 18.3 Å². The molecule has 0 aliphatic carbocycles. The molecule has 3 rings (SSSR count). The third kappa shape index (κ3) is 2.63. The lowest BCUT2D eigenvalue weighted by atomic mass is 10.1. The molecule has 0 saturated carbocycles. The summed E-state index contributed by atoms with van der Waals surface area (Å²) < 4.78 is 18.8. The van der Waals surface area contributed by atoms with Gasteiger partial charge in [-0.25, -0.2) is 0 Å². The van der Waals surface area contributed by atoms with Crippen molar-refractivity contribution in [3.8, 4) is 22.8 Å². The normalized spacial score (nSPS) is 11.0. The zero-order chi connectivity index (χ0) is 17.1. The highest BCUT2D eigenvalue weighted by atomic mass is 16.7. The summed E-state index contributed by atoms with van der Waals surface area (Å²) in [7, 11) is 3.27. The van der Waals surface area contributed by atoms with Gasteiger partial charge in [-0.15, -0.1) is 0 Å². The first-order chi connectivity index (χ1) is 11.7. The Morgan fingerprint density at radius 2 is 1.75 bits per heavy atom. The van der Waals surface area contributed by atoms with Gasteiger partial charge < -0.3 is 18.8 Å². The smallest absolute Gasteiger partial charge is 0.188 e. The summed E-state index contributed by atoms with van der Waals surface area (Å²) in [5.74, 6) is 1.45. The number of fused-ring (bicyclic) bond motifs is 1. The Labute approximate surface area is 142 Å². The quantitative estimate of drug-likeness (QED) is 0.620. The van der Waals surface area contributed by atoms with Crippen LogP contribution < -0.4 is 9.47 Å². The zero-order valence-electron chi connectivity index (χ0n) is 14.6. The minimum atomic E-state index is 0.187. The minimum absolute atomic E-state index is 0.187. The first-order valence-corrected chi connectivity index (χ1v) is 8.09. The van der Waals surface area contributed by atoms with E-state index in [0.717, 1.165) is 28.9 Å². The Hall–Kier alpha value is -2.46. The standard InChI is InChI=1S/C20H23NO3/c1-5-21-16-11-12-17(23-4)20(24-13-22-3)18(16)14(2)19(21)15-9-7-6-8-10-15/h6-12H,5,13H2,1-4H3. The highest BCUT2D eigenvalue weighted by Gasteiger charge is 2.21. The van der Waals surface area contributed by atoms with Gasteiger partial charge in [-0.1, -0.05) is 30.3 Å². The van der Waals surface area contributed by atoms with Crippen LogP contribution in [-0.2, 0) is 11.3 Å². The number of hydrogen-bond donors (Lipinski definition) is 0. The average molecular weight is 325 g/mol. The van der Waals surface area contributed by atoms with Gasteiger partial charge >= 0.3 is 0 Å². The molecule has 0 atom stereocenters. The van der Waals surface area contributed by atoms with Crippen LogP contribution in [0.3, 0.4) is 0 Å². The number of aromatic nitrogens is 1. The van der Waals surface area contributed by atoms with E-state index in [1.165, 1.54) is 16.8 Å². The molecule has 0 radical (unpaired) electrons. The highest BCUT2D eigenvalue weighted by Crippen LogP contribution is 2.42. The largest absolute Gasteiger partial charge is 0.493 e. The fourth-order valence-corrected chi connectivity index (χ4v) is 3.30. The van der Waals surface area contributed by atoms with E-state index in [1.807, 2.05) is 12.1 Å². The van der Waals surface area contributed by atoms with Gasteiger partial charge in [0, 0.05) is 19.0 Å². The van der Waals surface area contributed by atoms with Crippen molar-refractivity contribution in [2.45, 2.75) is 20.4 Å². The molecule has 0 saturated heterocycles. The fraction of sp³-hybridized carbons (Fsp3) is 0.300. The lowest BCUT2D eigenvalue weighted by molar-refractivity contribution is 0.0503. The number of rotatable bonds is 6. The van der Waals surface area contributed by atoms with Crippen molar-refractivity contribution < 1.29 is 14.2 Å². The highest BCUT2D eigenvalue weighted by molar-refractivity contribution is 5.97. The van der Waals surface area contributed by atoms with E-state index in [-0.39, 0.29) is 6.79 Å². The van der Waals surface area contributed by atoms with Gasteiger partial charge in [0.1, 0.15) is 0 Å². The summed E-state index contributed by atoms with van der Waals surface area (Å²) in [5.41, 5.74) is 4.73. The Bertz CT molecular complexity index is 837. The molecule has 24 heavy (non-hydrogen) atoms. The van der Waals surface area contributed by atoms with E-state index in [9.17, 15) is 0 Å². The molecule has 0 unspecified atom stereocenters. The zero-order valence-corrected chi connectivity index (χ0v) is 14.6. The lowest BCUT2D eigenvalue weighted by Gasteiger charge is -2.12. The second-order valence-corrected chi connectivity index (χ2v) is 5.63. The SMILES string of the molecule is CCn1c(-c2ccccc2)c(C)c2c(OCOC)c(OC)ccc21. The van der Waals surface area contributed by atoms with Crippen LogP contribution in [0.1, 0.15) is 12.5 Å². The molecule has 2 aromatic carbocycles. The van der Waals surface area contributed by atoms with E-state index >= 15 is 0 Å². The van der Waals surface area contributed by atoms with Crippen LogP contribution >= 0.6 is 0 Å². The van der Waals surface area contributed by atoms with Gasteiger partial charge in [0.25, 0.3) is 0 Å². The lowest BCUT2D eigenvalue weighted by Crippen LogP contribution is -2.01. The van der Waals surface area contributed by atoms with Crippen LogP contribution in [0, 0.1) is 6.92 Å². The summed E-state index contributed by atoms with van der Waals surface area (Å²) in [6.07, 6.45) is 0. The fourth-order valence-electron chi connectivity index (χ4n) is 3.30. The van der Waals surface area contributed by atoms with Gasteiger partial charge in [-0.05, 0) is 37.1 Å². The number of nitrogens with zero attached hydrogens (tertiary/aromatic N) is 1. The summed E-state index contributed by atoms with van der Waals surface area (Å²) in [6, 6.07) is 14.5. The molecule has 0 bridgehead atoms. The summed E-state index contributed by atoms with van der Waals surface area (Å²) in [6.45, 7) is 5.36. The summed E-state index contributed by atoms with van der Waals surface area (Å²) in [5, 5.41) is 1.08. The second-order valence-electron chi connectivity index (χ2n) is 5.63. The van der Waals surface area contributed by atoms with E-state index < -0.39 is 0 Å². The molecular formula is C20H23NO3. The number of methoxy groups -OCH3 is 2. The first kappa shape index (κ1) is 16.4. The molecule has 0 fully saturated rings. The summed E-state index contributed by atoms with van der Waals surface area (Å²) in [4.78, 5) is 0. The number of ether oxygens (including phenoxy) is 3. The van der Waals surface area contributed by atoms with Crippen molar-refractivity contribution in [2.75, 3.05) is 21.0 Å². The van der Waals surface area contributed by atoms with E-state index in [4.69, 9.17) is 14.2 Å². The molecule has 0 N–H and O–H groups in total. The topological polar surface area (TPSA) is 32.6 Å². The van der Waals surface area contributed by atoms with Gasteiger partial charge in [0.2, 0.25) is 0 Å². The number of benzene rings is 2. The van der Waals surface area contributed by atoms with Crippen molar-refractivity contribution in [1.29, 1.82) is 0 Å². The molecule has 0 aliphatic heterocycles. The average Bonchev–Trinajstić information content (AvgIpc) is 2.92. The molecule has 1 heterocycles. The van der Waals surface area contributed by atoms with Crippen LogP contribution in [0.2, 0.25) is 0 Å². The maximum Gasteiger partial charge on any atom is 0.188 e. The van der Waals surface area contributed by atoms with E-state index in [0.29, 0.717) is 0 Å². The third-order valence-corrected chi connectivity index (χ3v) is 4.29. The van der Waals surface area contributed by atoms with Crippen LogP contribution in [-0.4, -0.2) is 25.6 Å². The minimum Gasteiger partial charge on any atom is -0.493 e. The van der Waals surface area contributed by atoms with E-state index in [1.54, 1.807) is 14.2 Å². The molecule has 4 nitrogen and oxygen atoms in total. The predicted octanol–water partition coefficient (Wildman–Crippen LogP) is 4.63. The maximum atomic E-state index is 5.86. The van der Waals surface area contributed by atoms with Crippen LogP contribution in [0.15, 0.2) is 42.5 Å². The molecule has 4 heteroatoms. The van der Waals surface area contributed by atoms with Crippen molar-refractivity contribution in [3.05, 3.63) is 48.0 Å². The number of aryl methyl sites for hydroxylation is 2. The Morgan fingerprint density at radius 3 is 2.38 bits per heavy atom. The molecule has 0 spiro atoms. The second kappa shape index (κ2) is 6.97. The first-order valence-electron chi connectivity index (χ1n) is 8.09. The molecular weight excluding hydrogens is 302 g/mol. The van der Waals surface area contributed by atoms with Crippen molar-refractivity contribution >= 4 is 10.9 Å². The van der Waals surface area contributed by atoms with Gasteiger partial charge in [0.05, 0.1) is 18.3 Å². The summed E-state index contributed by atoms with van der Waals surface area (Å²) >= 11 is 0. The van der Waals surface area contributed by atoms with Crippen molar-refractivity contribution in [1.82, 2.24) is 4.57 Å². The Balaban J connectivity index is 2.33. The Kier molecular flexibility index (Phi) is 4.76. The Morgan fingerprint density at radius 1 is 1.00 bits per heavy atom. The maximum absolute atomic E-state index is 5.86. The van der Waals surface area contributed by atoms with Crippen LogP contribution in [0.4, 0.5) is 0 Å². The van der Waals surface area contributed by atoms with Gasteiger partial charge in [-0.2, -0.15) is 0 Å². The monoisotopic (exact) mass is 325 g/mol. The van der Waals surface area contributed by atoms with Crippen molar-refractivity contribution in [3.63, 3.8) is 0 Å². The third-order valence-electron chi connectivity index (χ3n) is 4.29. The van der Waals surface area contributed by atoms with E-state index in [2.05, 4.69) is 48.7 Å². The number of hydrogen-bond acceptors (Lipinski definition) is 3. The van der Waals surface area contributed by atoms with Crippen LogP contribution in [0.25, 0.3) is 22.2 Å². The van der Waals surface area contributed by atoms with Gasteiger partial charge in [-0.3, -0.25) is 0 Å². The van der Waals surface area contributed by atoms with Crippen molar-refractivity contribution in [2.24, 2.45) is 0 Å². The molecule has 0 aliphatic rings. The molecule has 3 aromatic rings. The van der Waals surface area contributed by atoms with Crippen LogP contribution in [0.5, 0.6) is 11.5 Å².